The summed E-state index contributed by atoms with van der Waals surface area (Å²) >= 11 is 0. The zero-order chi connectivity index (χ0) is 12.7. The second kappa shape index (κ2) is 7.17. The number of hydrogen-bond donors (Lipinski definition) is 1. The first kappa shape index (κ1) is 13.8. The van der Waals surface area contributed by atoms with Crippen LogP contribution in [-0.4, -0.2) is 21.0 Å². The van der Waals surface area contributed by atoms with Crippen molar-refractivity contribution in [2.24, 2.45) is 0 Å². The van der Waals surface area contributed by atoms with Crippen LogP contribution in [0.15, 0.2) is 29.2 Å². The van der Waals surface area contributed by atoms with Gasteiger partial charge in [0, 0.05) is 17.1 Å². The molecule has 0 heterocycles. The van der Waals surface area contributed by atoms with Gasteiger partial charge in [-0.25, -0.2) is 4.39 Å². The Hall–Kier alpha value is -1.23. The van der Waals surface area contributed by atoms with Crippen molar-refractivity contribution in [3.8, 4) is 0 Å². The van der Waals surface area contributed by atoms with Crippen LogP contribution in [0.3, 0.4) is 0 Å². The third-order valence-electron chi connectivity index (χ3n) is 2.30. The van der Waals surface area contributed by atoms with Crippen LogP contribution in [-0.2, 0) is 15.6 Å². The number of carbonyl (C=O) groups is 1. The van der Waals surface area contributed by atoms with E-state index in [-0.39, 0.29) is 12.2 Å². The summed E-state index contributed by atoms with van der Waals surface area (Å²) < 4.78 is 24.3. The predicted molar refractivity (Wildman–Crippen MR) is 63.8 cm³/mol. The van der Waals surface area contributed by atoms with Gasteiger partial charge in [-0.15, -0.1) is 0 Å². The minimum atomic E-state index is -1.12. The summed E-state index contributed by atoms with van der Waals surface area (Å²) in [6.07, 6.45) is 2.23. The fourth-order valence-corrected chi connectivity index (χ4v) is 2.53. The van der Waals surface area contributed by atoms with Crippen molar-refractivity contribution in [2.45, 2.75) is 30.6 Å². The SMILES string of the molecule is O=C(O)CCCCCS(=O)c1ccc(F)cc1. The minimum Gasteiger partial charge on any atom is -0.481 e. The summed E-state index contributed by atoms with van der Waals surface area (Å²) in [6, 6.07) is 5.61. The Morgan fingerprint density at radius 1 is 1.18 bits per heavy atom. The summed E-state index contributed by atoms with van der Waals surface area (Å²) in [5.41, 5.74) is 0. The summed E-state index contributed by atoms with van der Waals surface area (Å²) in [4.78, 5) is 10.9. The number of hydrogen-bond acceptors (Lipinski definition) is 2. The highest BCUT2D eigenvalue weighted by Crippen LogP contribution is 2.10. The van der Waals surface area contributed by atoms with Crippen LogP contribution in [0.1, 0.15) is 25.7 Å². The summed E-state index contributed by atoms with van der Waals surface area (Å²) in [6.45, 7) is 0. The standard InChI is InChI=1S/C12H15FO3S/c13-10-5-7-11(8-6-10)17(16)9-3-1-2-4-12(14)15/h5-8H,1-4,9H2,(H,14,15). The molecule has 94 valence electrons. The molecule has 0 bridgehead atoms. The topological polar surface area (TPSA) is 54.4 Å². The molecular formula is C12H15FO3S. The maximum Gasteiger partial charge on any atom is 0.303 e. The van der Waals surface area contributed by atoms with E-state index in [1.54, 1.807) is 0 Å². The van der Waals surface area contributed by atoms with Gasteiger partial charge < -0.3 is 5.11 Å². The highest BCUT2D eigenvalue weighted by atomic mass is 32.2. The molecule has 1 aromatic carbocycles. The summed E-state index contributed by atoms with van der Waals surface area (Å²) in [7, 11) is -1.12. The van der Waals surface area contributed by atoms with Crippen LogP contribution < -0.4 is 0 Å². The van der Waals surface area contributed by atoms with Crippen LogP contribution >= 0.6 is 0 Å². The van der Waals surface area contributed by atoms with Crippen LogP contribution in [0.5, 0.6) is 0 Å². The van der Waals surface area contributed by atoms with E-state index >= 15 is 0 Å². The Labute approximate surface area is 102 Å². The molecule has 0 saturated heterocycles. The van der Waals surface area contributed by atoms with Crippen molar-refractivity contribution in [3.05, 3.63) is 30.1 Å². The lowest BCUT2D eigenvalue weighted by Crippen LogP contribution is -1.99. The number of rotatable bonds is 7. The van der Waals surface area contributed by atoms with Crippen molar-refractivity contribution < 1.29 is 18.5 Å². The van der Waals surface area contributed by atoms with E-state index in [4.69, 9.17) is 5.11 Å². The number of carboxylic acid groups (broad SMARTS) is 1. The van der Waals surface area contributed by atoms with Gasteiger partial charge in [0.1, 0.15) is 5.82 Å². The van der Waals surface area contributed by atoms with Crippen LogP contribution in [0.25, 0.3) is 0 Å². The van der Waals surface area contributed by atoms with Gasteiger partial charge >= 0.3 is 5.97 Å². The molecule has 0 aliphatic carbocycles. The number of carboxylic acids is 1. The van der Waals surface area contributed by atoms with E-state index in [1.165, 1.54) is 24.3 Å². The third-order valence-corrected chi connectivity index (χ3v) is 3.75. The molecule has 17 heavy (non-hydrogen) atoms. The maximum absolute atomic E-state index is 12.6. The minimum absolute atomic E-state index is 0.156. The molecule has 1 aromatic rings. The monoisotopic (exact) mass is 258 g/mol. The van der Waals surface area contributed by atoms with Gasteiger partial charge in [0.05, 0.1) is 10.8 Å². The predicted octanol–water partition coefficient (Wildman–Crippen LogP) is 2.58. The number of aliphatic carboxylic acids is 1. The van der Waals surface area contributed by atoms with E-state index in [0.717, 1.165) is 12.8 Å². The Kier molecular flexibility index (Phi) is 5.83. The third kappa shape index (κ3) is 5.58. The summed E-state index contributed by atoms with van der Waals surface area (Å²) in [5.74, 6) is -0.650. The van der Waals surface area contributed by atoms with E-state index in [9.17, 15) is 13.4 Å². The fraction of sp³-hybridized carbons (Fsp3) is 0.417. The Bertz CT molecular complexity index is 389. The Morgan fingerprint density at radius 3 is 2.41 bits per heavy atom. The average molecular weight is 258 g/mol. The number of benzene rings is 1. The molecule has 0 fully saturated rings. The van der Waals surface area contributed by atoms with E-state index < -0.39 is 16.8 Å². The molecule has 0 aliphatic rings. The second-order valence-electron chi connectivity index (χ2n) is 3.71. The van der Waals surface area contributed by atoms with Gasteiger partial charge in [0.2, 0.25) is 0 Å². The molecular weight excluding hydrogens is 243 g/mol. The van der Waals surface area contributed by atoms with Gasteiger partial charge in [0.15, 0.2) is 0 Å². The highest BCUT2D eigenvalue weighted by Gasteiger charge is 2.04. The largest absolute Gasteiger partial charge is 0.481 e. The molecule has 0 aliphatic heterocycles. The highest BCUT2D eigenvalue weighted by molar-refractivity contribution is 7.85. The van der Waals surface area contributed by atoms with Crippen molar-refractivity contribution >= 4 is 16.8 Å². The van der Waals surface area contributed by atoms with E-state index in [1.807, 2.05) is 0 Å². The van der Waals surface area contributed by atoms with Crippen LogP contribution in [0.4, 0.5) is 4.39 Å². The lowest BCUT2D eigenvalue weighted by atomic mass is 10.2. The van der Waals surface area contributed by atoms with Gasteiger partial charge in [-0.1, -0.05) is 6.42 Å². The van der Waals surface area contributed by atoms with Crippen molar-refractivity contribution in [1.29, 1.82) is 0 Å². The van der Waals surface area contributed by atoms with Gasteiger partial charge in [-0.2, -0.15) is 0 Å². The number of unbranched alkanes of at least 4 members (excludes halogenated alkanes) is 2. The molecule has 0 amide bonds. The van der Waals surface area contributed by atoms with E-state index in [0.29, 0.717) is 17.1 Å². The second-order valence-corrected chi connectivity index (χ2v) is 5.28. The molecule has 0 radical (unpaired) electrons. The average Bonchev–Trinajstić information content (AvgIpc) is 2.29. The smallest absolute Gasteiger partial charge is 0.303 e. The Morgan fingerprint density at radius 2 is 1.82 bits per heavy atom. The van der Waals surface area contributed by atoms with Gasteiger partial charge in [0.25, 0.3) is 0 Å². The molecule has 3 nitrogen and oxygen atoms in total. The summed E-state index contributed by atoms with van der Waals surface area (Å²) in [5, 5.41) is 8.43. The van der Waals surface area contributed by atoms with Gasteiger partial charge in [-0.3, -0.25) is 9.00 Å². The molecule has 1 atom stereocenters. The van der Waals surface area contributed by atoms with Crippen LogP contribution in [0.2, 0.25) is 0 Å². The molecule has 5 heteroatoms. The van der Waals surface area contributed by atoms with E-state index in [2.05, 4.69) is 0 Å². The zero-order valence-electron chi connectivity index (χ0n) is 9.39. The maximum atomic E-state index is 12.6. The van der Waals surface area contributed by atoms with Crippen LogP contribution in [0, 0.1) is 5.82 Å². The lowest BCUT2D eigenvalue weighted by Gasteiger charge is -2.02. The molecule has 1 N–H and O–H groups in total. The molecule has 0 saturated carbocycles. The zero-order valence-corrected chi connectivity index (χ0v) is 10.2. The van der Waals surface area contributed by atoms with Crippen molar-refractivity contribution in [2.75, 3.05) is 5.75 Å². The first-order valence-electron chi connectivity index (χ1n) is 5.45. The van der Waals surface area contributed by atoms with Gasteiger partial charge in [-0.05, 0) is 37.1 Å². The Balaban J connectivity index is 2.25. The fourth-order valence-electron chi connectivity index (χ4n) is 1.39. The lowest BCUT2D eigenvalue weighted by molar-refractivity contribution is -0.137. The molecule has 0 spiro atoms. The van der Waals surface area contributed by atoms with Crippen molar-refractivity contribution in [1.82, 2.24) is 0 Å². The molecule has 0 aromatic heterocycles. The first-order chi connectivity index (χ1) is 8.09. The quantitative estimate of drug-likeness (QED) is 0.765. The molecule has 1 rings (SSSR count). The first-order valence-corrected chi connectivity index (χ1v) is 6.77. The molecule has 1 unspecified atom stereocenters. The normalized spacial score (nSPS) is 12.3. The van der Waals surface area contributed by atoms with Crippen molar-refractivity contribution in [3.63, 3.8) is 0 Å². The number of halogens is 1.